The van der Waals surface area contributed by atoms with E-state index in [0.717, 1.165) is 0 Å². The molecule has 0 saturated carbocycles. The fraction of sp³-hybridized carbons (Fsp3) is 0.727. The van der Waals surface area contributed by atoms with Crippen molar-refractivity contribution in [3.05, 3.63) is 12.2 Å². The van der Waals surface area contributed by atoms with Crippen LogP contribution in [-0.2, 0) is 4.79 Å². The maximum Gasteiger partial charge on any atom is 0.151 e. The van der Waals surface area contributed by atoms with Crippen LogP contribution in [0.3, 0.4) is 0 Å². The summed E-state index contributed by atoms with van der Waals surface area (Å²) in [5, 5.41) is 0. The zero-order chi connectivity index (χ0) is 9.99. The molecule has 0 aromatic rings. The van der Waals surface area contributed by atoms with Gasteiger partial charge in [0.1, 0.15) is 0 Å². The van der Waals surface area contributed by atoms with Gasteiger partial charge in [-0.25, -0.2) is 0 Å². The van der Waals surface area contributed by atoms with E-state index < -0.39 is 0 Å². The molecule has 0 spiro atoms. The zero-order valence-electron chi connectivity index (χ0n) is 9.06. The van der Waals surface area contributed by atoms with Gasteiger partial charge in [-0.2, -0.15) is 0 Å². The standard InChI is InChI=1S/C9H14O.C2H6/c1-8(2)5-6-9(3,4)7(8)10;1-2/h5-6H,1-4H3;1-2H3. The lowest BCUT2D eigenvalue weighted by Gasteiger charge is -2.20. The van der Waals surface area contributed by atoms with E-state index in [4.69, 9.17) is 0 Å². The summed E-state index contributed by atoms with van der Waals surface area (Å²) in [5.74, 6) is 0.319. The average molecular weight is 168 g/mol. The fourth-order valence-electron chi connectivity index (χ4n) is 1.40. The van der Waals surface area contributed by atoms with Gasteiger partial charge in [-0.1, -0.05) is 26.0 Å². The van der Waals surface area contributed by atoms with Gasteiger partial charge in [0.15, 0.2) is 5.78 Å². The number of hydrogen-bond donors (Lipinski definition) is 0. The number of ketones is 1. The average Bonchev–Trinajstić information content (AvgIpc) is 2.19. The van der Waals surface area contributed by atoms with Gasteiger partial charge >= 0.3 is 0 Å². The molecule has 0 N–H and O–H groups in total. The minimum Gasteiger partial charge on any atom is -0.298 e. The predicted octanol–water partition coefficient (Wildman–Crippen LogP) is 3.20. The minimum atomic E-state index is -0.233. The smallest absolute Gasteiger partial charge is 0.151 e. The van der Waals surface area contributed by atoms with Crippen LogP contribution in [0.15, 0.2) is 12.2 Å². The third-order valence-electron chi connectivity index (χ3n) is 2.09. The van der Waals surface area contributed by atoms with Crippen molar-refractivity contribution in [2.24, 2.45) is 10.8 Å². The van der Waals surface area contributed by atoms with Gasteiger partial charge in [0.05, 0.1) is 0 Å². The highest BCUT2D eigenvalue weighted by molar-refractivity contribution is 5.95. The van der Waals surface area contributed by atoms with Crippen molar-refractivity contribution < 1.29 is 4.79 Å². The van der Waals surface area contributed by atoms with Crippen LogP contribution in [0, 0.1) is 10.8 Å². The van der Waals surface area contributed by atoms with E-state index in [2.05, 4.69) is 0 Å². The number of Topliss-reactive ketones (excluding diaryl/α,β-unsaturated/α-hetero) is 1. The minimum absolute atomic E-state index is 0.233. The Morgan fingerprint density at radius 2 is 1.17 bits per heavy atom. The molecule has 0 atom stereocenters. The van der Waals surface area contributed by atoms with Crippen molar-refractivity contribution in [1.82, 2.24) is 0 Å². The van der Waals surface area contributed by atoms with Crippen LogP contribution in [0.1, 0.15) is 41.5 Å². The van der Waals surface area contributed by atoms with Crippen molar-refractivity contribution >= 4 is 5.78 Å². The Kier molecular flexibility index (Phi) is 3.25. The molecule has 0 radical (unpaired) electrons. The Morgan fingerprint density at radius 3 is 1.25 bits per heavy atom. The molecule has 0 amide bonds. The summed E-state index contributed by atoms with van der Waals surface area (Å²) < 4.78 is 0. The molecule has 0 saturated heterocycles. The molecular weight excluding hydrogens is 148 g/mol. The lowest BCUT2D eigenvalue weighted by molar-refractivity contribution is -0.129. The van der Waals surface area contributed by atoms with Crippen molar-refractivity contribution in [1.29, 1.82) is 0 Å². The zero-order valence-corrected chi connectivity index (χ0v) is 9.06. The first-order chi connectivity index (χ1) is 5.36. The number of allylic oxidation sites excluding steroid dienone is 2. The highest BCUT2D eigenvalue weighted by Gasteiger charge is 2.40. The molecule has 0 aliphatic heterocycles. The van der Waals surface area contributed by atoms with Gasteiger partial charge < -0.3 is 0 Å². The van der Waals surface area contributed by atoms with Crippen LogP contribution in [0.4, 0.5) is 0 Å². The van der Waals surface area contributed by atoms with Crippen LogP contribution in [0.2, 0.25) is 0 Å². The molecule has 0 unspecified atom stereocenters. The summed E-state index contributed by atoms with van der Waals surface area (Å²) in [7, 11) is 0. The molecule has 1 aliphatic carbocycles. The van der Waals surface area contributed by atoms with Crippen LogP contribution < -0.4 is 0 Å². The summed E-state index contributed by atoms with van der Waals surface area (Å²) in [6.45, 7) is 11.8. The Morgan fingerprint density at radius 1 is 0.917 bits per heavy atom. The number of rotatable bonds is 0. The van der Waals surface area contributed by atoms with Crippen LogP contribution in [0.25, 0.3) is 0 Å². The molecule has 0 aromatic carbocycles. The molecule has 0 bridgehead atoms. The van der Waals surface area contributed by atoms with Crippen molar-refractivity contribution in [3.63, 3.8) is 0 Å². The van der Waals surface area contributed by atoms with Crippen LogP contribution in [-0.4, -0.2) is 5.78 Å². The third-order valence-corrected chi connectivity index (χ3v) is 2.09. The quantitative estimate of drug-likeness (QED) is 0.508. The molecule has 1 aliphatic rings. The normalized spacial score (nSPS) is 23.3. The maximum absolute atomic E-state index is 11.5. The van der Waals surface area contributed by atoms with E-state index in [-0.39, 0.29) is 10.8 Å². The van der Waals surface area contributed by atoms with E-state index >= 15 is 0 Å². The first-order valence-electron chi connectivity index (χ1n) is 4.61. The van der Waals surface area contributed by atoms with E-state index in [9.17, 15) is 4.79 Å². The SMILES string of the molecule is CC.CC1(C)C=CC(C)(C)C1=O. The van der Waals surface area contributed by atoms with Crippen LogP contribution >= 0.6 is 0 Å². The van der Waals surface area contributed by atoms with Gasteiger partial charge in [-0.3, -0.25) is 4.79 Å². The van der Waals surface area contributed by atoms with Crippen molar-refractivity contribution in [2.75, 3.05) is 0 Å². The third kappa shape index (κ3) is 1.96. The summed E-state index contributed by atoms with van der Waals surface area (Å²) in [5.41, 5.74) is -0.465. The van der Waals surface area contributed by atoms with E-state index in [0.29, 0.717) is 5.78 Å². The summed E-state index contributed by atoms with van der Waals surface area (Å²) >= 11 is 0. The number of carbonyl (C=O) groups is 1. The van der Waals surface area contributed by atoms with Gasteiger partial charge in [-0.05, 0) is 27.7 Å². The molecule has 70 valence electrons. The summed E-state index contributed by atoms with van der Waals surface area (Å²) in [6.07, 6.45) is 3.99. The van der Waals surface area contributed by atoms with Gasteiger partial charge in [0, 0.05) is 10.8 Å². The monoisotopic (exact) mass is 168 g/mol. The predicted molar refractivity (Wildman–Crippen MR) is 53.1 cm³/mol. The Balaban J connectivity index is 0.000000561. The molecule has 1 nitrogen and oxygen atoms in total. The molecule has 0 heterocycles. The second-order valence-electron chi connectivity index (χ2n) is 4.11. The fourth-order valence-corrected chi connectivity index (χ4v) is 1.40. The Hall–Kier alpha value is -0.590. The maximum atomic E-state index is 11.5. The van der Waals surface area contributed by atoms with Gasteiger partial charge in [0.25, 0.3) is 0 Å². The van der Waals surface area contributed by atoms with Crippen molar-refractivity contribution in [2.45, 2.75) is 41.5 Å². The lowest BCUT2D eigenvalue weighted by atomic mass is 9.81. The Bertz CT molecular complexity index is 177. The van der Waals surface area contributed by atoms with Gasteiger partial charge in [0.2, 0.25) is 0 Å². The summed E-state index contributed by atoms with van der Waals surface area (Å²) in [4.78, 5) is 11.5. The van der Waals surface area contributed by atoms with E-state index in [1.54, 1.807) is 0 Å². The van der Waals surface area contributed by atoms with E-state index in [1.165, 1.54) is 0 Å². The number of carbonyl (C=O) groups excluding carboxylic acids is 1. The van der Waals surface area contributed by atoms with Crippen LogP contribution in [0.5, 0.6) is 0 Å². The second-order valence-corrected chi connectivity index (χ2v) is 4.11. The first kappa shape index (κ1) is 11.4. The molecule has 1 heteroatoms. The Labute approximate surface area is 75.9 Å². The molecule has 12 heavy (non-hydrogen) atoms. The highest BCUT2D eigenvalue weighted by atomic mass is 16.1. The first-order valence-corrected chi connectivity index (χ1v) is 4.61. The van der Waals surface area contributed by atoms with Gasteiger partial charge in [-0.15, -0.1) is 0 Å². The lowest BCUT2D eigenvalue weighted by Crippen LogP contribution is -2.28. The summed E-state index contributed by atoms with van der Waals surface area (Å²) in [6, 6.07) is 0. The molecule has 0 aromatic heterocycles. The molecule has 1 rings (SSSR count). The van der Waals surface area contributed by atoms with E-state index in [1.807, 2.05) is 53.7 Å². The second kappa shape index (κ2) is 3.42. The topological polar surface area (TPSA) is 17.1 Å². The largest absolute Gasteiger partial charge is 0.298 e. The molecule has 0 fully saturated rings. The highest BCUT2D eigenvalue weighted by Crippen LogP contribution is 2.38. The molecular formula is C11H20O. The number of hydrogen-bond acceptors (Lipinski definition) is 1. The van der Waals surface area contributed by atoms with Crippen molar-refractivity contribution in [3.8, 4) is 0 Å².